The predicted octanol–water partition coefficient (Wildman–Crippen LogP) is 2.77. The number of rotatable bonds is 3. The molecule has 0 aromatic heterocycles. The van der Waals surface area contributed by atoms with Crippen LogP contribution in [0.3, 0.4) is 0 Å². The second kappa shape index (κ2) is 5.74. The quantitative estimate of drug-likeness (QED) is 0.947. The van der Waals surface area contributed by atoms with Gasteiger partial charge >= 0.3 is 0 Å². The molecule has 1 aliphatic heterocycles. The number of anilines is 1. The largest absolute Gasteiger partial charge is 0.388 e. The number of benzene rings is 2. The molecule has 4 nitrogen and oxygen atoms in total. The summed E-state index contributed by atoms with van der Waals surface area (Å²) in [6.07, 6.45) is -0.178. The third kappa shape index (κ3) is 2.74. The van der Waals surface area contributed by atoms with Crippen LogP contribution >= 0.6 is 0 Å². The fourth-order valence-corrected chi connectivity index (χ4v) is 4.62. The molecule has 1 unspecified atom stereocenters. The van der Waals surface area contributed by atoms with Gasteiger partial charge in [0.05, 0.1) is 17.5 Å². The van der Waals surface area contributed by atoms with E-state index in [4.69, 9.17) is 0 Å². The molecule has 0 amide bonds. The van der Waals surface area contributed by atoms with Crippen molar-refractivity contribution in [2.45, 2.75) is 25.2 Å². The number of aliphatic hydroxyl groups is 1. The molecule has 5 heteroatoms. The smallest absolute Gasteiger partial charge is 0.239 e. The molecular weight excluding hydrogens is 298 g/mol. The van der Waals surface area contributed by atoms with E-state index in [1.165, 1.54) is 4.31 Å². The minimum Gasteiger partial charge on any atom is -0.388 e. The summed E-state index contributed by atoms with van der Waals surface area (Å²) in [6, 6.07) is 14.7. The fourth-order valence-electron chi connectivity index (χ4n) is 2.94. The van der Waals surface area contributed by atoms with Crippen LogP contribution in [0.2, 0.25) is 0 Å². The molecule has 1 heterocycles. The van der Waals surface area contributed by atoms with Gasteiger partial charge in [-0.15, -0.1) is 0 Å². The van der Waals surface area contributed by atoms with E-state index in [0.717, 1.165) is 11.1 Å². The van der Waals surface area contributed by atoms with Crippen molar-refractivity contribution in [1.82, 2.24) is 0 Å². The van der Waals surface area contributed by atoms with Crippen LogP contribution in [-0.2, 0) is 15.8 Å². The summed E-state index contributed by atoms with van der Waals surface area (Å²) in [6.45, 7) is 2.19. The molecule has 0 bridgehead atoms. The van der Waals surface area contributed by atoms with Crippen LogP contribution in [0, 0.1) is 6.92 Å². The van der Waals surface area contributed by atoms with Crippen LogP contribution in [0.5, 0.6) is 0 Å². The van der Waals surface area contributed by atoms with Crippen molar-refractivity contribution in [3.63, 3.8) is 0 Å². The van der Waals surface area contributed by atoms with E-state index < -0.39 is 16.1 Å². The summed E-state index contributed by atoms with van der Waals surface area (Å²) >= 11 is 0. The second-order valence-electron chi connectivity index (χ2n) is 5.63. The van der Waals surface area contributed by atoms with Gasteiger partial charge in [0.25, 0.3) is 0 Å². The van der Waals surface area contributed by atoms with Crippen LogP contribution in [0.4, 0.5) is 5.69 Å². The molecule has 0 fully saturated rings. The Morgan fingerprint density at radius 2 is 1.86 bits per heavy atom. The molecule has 2 aromatic carbocycles. The molecule has 1 atom stereocenters. The first-order valence-electron chi connectivity index (χ1n) is 7.31. The Kier molecular flexibility index (Phi) is 3.93. The van der Waals surface area contributed by atoms with E-state index in [1.54, 1.807) is 6.07 Å². The van der Waals surface area contributed by atoms with Crippen LogP contribution in [0.25, 0.3) is 0 Å². The van der Waals surface area contributed by atoms with Gasteiger partial charge in [-0.25, -0.2) is 8.42 Å². The number of aryl methyl sites for hydroxylation is 1. The van der Waals surface area contributed by atoms with Crippen molar-refractivity contribution in [2.75, 3.05) is 10.8 Å². The maximum absolute atomic E-state index is 12.8. The van der Waals surface area contributed by atoms with E-state index in [-0.39, 0.29) is 5.75 Å². The molecule has 1 aliphatic rings. The van der Waals surface area contributed by atoms with Crippen LogP contribution < -0.4 is 4.31 Å². The molecular formula is C17H19NO3S. The van der Waals surface area contributed by atoms with E-state index in [1.807, 2.05) is 49.4 Å². The number of hydrogen-bond acceptors (Lipinski definition) is 3. The van der Waals surface area contributed by atoms with Gasteiger partial charge in [0.15, 0.2) is 0 Å². The van der Waals surface area contributed by atoms with Gasteiger partial charge in [-0.3, -0.25) is 4.31 Å². The molecule has 1 N–H and O–H groups in total. The molecule has 0 radical (unpaired) electrons. The first-order chi connectivity index (χ1) is 10.5. The molecule has 22 heavy (non-hydrogen) atoms. The van der Waals surface area contributed by atoms with Crippen molar-refractivity contribution in [3.8, 4) is 0 Å². The normalized spacial score (nSPS) is 18.1. The molecule has 3 rings (SSSR count). The maximum Gasteiger partial charge on any atom is 0.239 e. The van der Waals surface area contributed by atoms with E-state index in [0.29, 0.717) is 24.2 Å². The molecule has 2 aromatic rings. The van der Waals surface area contributed by atoms with Crippen LogP contribution in [-0.4, -0.2) is 20.1 Å². The second-order valence-corrected chi connectivity index (χ2v) is 7.52. The summed E-state index contributed by atoms with van der Waals surface area (Å²) in [7, 11) is -3.47. The lowest BCUT2D eigenvalue weighted by Crippen LogP contribution is -2.38. The van der Waals surface area contributed by atoms with Crippen LogP contribution in [0.15, 0.2) is 48.5 Å². The third-order valence-corrected chi connectivity index (χ3v) is 5.75. The minimum atomic E-state index is -3.47. The number of hydrogen-bond donors (Lipinski definition) is 1. The van der Waals surface area contributed by atoms with Gasteiger partial charge in [0.1, 0.15) is 0 Å². The standard InChI is InChI=1S/C17H19NO3S/c1-13-6-5-9-15-16(19)10-11-18(17(13)15)22(20,21)12-14-7-3-2-4-8-14/h2-9,16,19H,10-12H2,1H3. The van der Waals surface area contributed by atoms with Crippen molar-refractivity contribution in [1.29, 1.82) is 0 Å². The number of fused-ring (bicyclic) bond motifs is 1. The maximum atomic E-state index is 12.8. The lowest BCUT2D eigenvalue weighted by molar-refractivity contribution is 0.166. The highest BCUT2D eigenvalue weighted by molar-refractivity contribution is 7.92. The monoisotopic (exact) mass is 317 g/mol. The molecule has 0 saturated heterocycles. The Balaban J connectivity index is 2.01. The molecule has 0 aliphatic carbocycles. The topological polar surface area (TPSA) is 57.6 Å². The average molecular weight is 317 g/mol. The zero-order valence-electron chi connectivity index (χ0n) is 12.4. The van der Waals surface area contributed by atoms with Crippen molar-refractivity contribution in [2.24, 2.45) is 0 Å². The molecule has 0 saturated carbocycles. The summed E-state index contributed by atoms with van der Waals surface area (Å²) in [5.74, 6) is -0.0301. The van der Waals surface area contributed by atoms with Gasteiger partial charge in [-0.2, -0.15) is 0 Å². The van der Waals surface area contributed by atoms with Crippen molar-refractivity contribution >= 4 is 15.7 Å². The number of nitrogens with zero attached hydrogens (tertiary/aromatic N) is 1. The Labute approximate surface area is 131 Å². The highest BCUT2D eigenvalue weighted by Crippen LogP contribution is 2.38. The van der Waals surface area contributed by atoms with Gasteiger partial charge in [-0.1, -0.05) is 48.5 Å². The number of sulfonamides is 1. The van der Waals surface area contributed by atoms with Crippen molar-refractivity contribution in [3.05, 3.63) is 65.2 Å². The Morgan fingerprint density at radius 3 is 2.59 bits per heavy atom. The number of aliphatic hydroxyl groups excluding tert-OH is 1. The average Bonchev–Trinajstić information content (AvgIpc) is 2.49. The zero-order chi connectivity index (χ0) is 15.7. The zero-order valence-corrected chi connectivity index (χ0v) is 13.3. The van der Waals surface area contributed by atoms with Gasteiger partial charge < -0.3 is 5.11 Å². The predicted molar refractivity (Wildman–Crippen MR) is 87.2 cm³/mol. The van der Waals surface area contributed by atoms with E-state index in [9.17, 15) is 13.5 Å². The Morgan fingerprint density at radius 1 is 1.14 bits per heavy atom. The van der Waals surface area contributed by atoms with E-state index >= 15 is 0 Å². The highest BCUT2D eigenvalue weighted by Gasteiger charge is 2.32. The SMILES string of the molecule is Cc1cccc2c1N(S(=O)(=O)Cc1ccccc1)CCC2O. The van der Waals surface area contributed by atoms with E-state index in [2.05, 4.69) is 0 Å². The first kappa shape index (κ1) is 15.1. The summed E-state index contributed by atoms with van der Waals surface area (Å²) in [5, 5.41) is 10.1. The number of para-hydroxylation sites is 1. The summed E-state index contributed by atoms with van der Waals surface area (Å²) in [4.78, 5) is 0. The highest BCUT2D eigenvalue weighted by atomic mass is 32.2. The Bertz CT molecular complexity index is 772. The first-order valence-corrected chi connectivity index (χ1v) is 8.92. The van der Waals surface area contributed by atoms with Gasteiger partial charge in [-0.05, 0) is 24.5 Å². The minimum absolute atomic E-state index is 0.0301. The van der Waals surface area contributed by atoms with Gasteiger partial charge in [0.2, 0.25) is 10.0 Å². The Hall–Kier alpha value is -1.85. The third-order valence-electron chi connectivity index (χ3n) is 4.01. The fraction of sp³-hybridized carbons (Fsp3) is 0.294. The lowest BCUT2D eigenvalue weighted by Gasteiger charge is -2.34. The van der Waals surface area contributed by atoms with Crippen LogP contribution in [0.1, 0.15) is 29.2 Å². The molecule has 116 valence electrons. The summed E-state index contributed by atoms with van der Waals surface area (Å²) < 4.78 is 27.1. The van der Waals surface area contributed by atoms with Crippen molar-refractivity contribution < 1.29 is 13.5 Å². The van der Waals surface area contributed by atoms with Gasteiger partial charge in [0, 0.05) is 12.1 Å². The summed E-state index contributed by atoms with van der Waals surface area (Å²) in [5.41, 5.74) is 2.97. The molecule has 0 spiro atoms. The lowest BCUT2D eigenvalue weighted by atomic mass is 9.98.